The average molecular weight is 197 g/mol. The zero-order valence-corrected chi connectivity index (χ0v) is 8.14. The van der Waals surface area contributed by atoms with Crippen molar-refractivity contribution in [2.45, 2.75) is 11.8 Å². The molecule has 0 aromatic heterocycles. The van der Waals surface area contributed by atoms with Gasteiger partial charge in [0.25, 0.3) is 0 Å². The second kappa shape index (κ2) is 4.89. The molecule has 2 N–H and O–H groups in total. The zero-order valence-electron chi connectivity index (χ0n) is 7.32. The summed E-state index contributed by atoms with van der Waals surface area (Å²) in [6, 6.07) is 7.04. The third kappa shape index (κ3) is 3.08. The molecule has 1 aromatic carbocycles. The topological polar surface area (TPSA) is 52.3 Å². The maximum absolute atomic E-state index is 10.8. The van der Waals surface area contributed by atoms with Crippen LogP contribution in [0.2, 0.25) is 0 Å². The van der Waals surface area contributed by atoms with Crippen LogP contribution in [0.5, 0.6) is 0 Å². The molecule has 13 heavy (non-hydrogen) atoms. The van der Waals surface area contributed by atoms with Gasteiger partial charge in [-0.15, -0.1) is 0 Å². The Hall–Kier alpha value is -1.00. The number of hydrogen-bond donors (Lipinski definition) is 1. The van der Waals surface area contributed by atoms with Gasteiger partial charge in [0, 0.05) is 22.5 Å². The Morgan fingerprint density at radius 3 is 3.00 bits per heavy atom. The smallest absolute Gasteiger partial charge is 0.248 e. The highest BCUT2D eigenvalue weighted by atomic mass is 32.2. The van der Waals surface area contributed by atoms with Crippen LogP contribution in [0.4, 0.5) is 0 Å². The summed E-state index contributed by atoms with van der Waals surface area (Å²) in [4.78, 5) is 11.7. The molecule has 0 bridgehead atoms. The largest absolute Gasteiger partial charge is 0.366 e. The van der Waals surface area contributed by atoms with Crippen LogP contribution in [-0.4, -0.2) is 12.5 Å². The van der Waals surface area contributed by atoms with E-state index in [4.69, 9.17) is 9.92 Å². The Kier molecular flexibility index (Phi) is 3.79. The maximum atomic E-state index is 10.8. The molecular weight excluding hydrogens is 186 g/mol. The predicted octanol–water partition coefficient (Wildman–Crippen LogP) is 1.83. The molecule has 1 aromatic rings. The van der Waals surface area contributed by atoms with Crippen molar-refractivity contribution in [1.82, 2.24) is 0 Å². The van der Waals surface area contributed by atoms with Gasteiger partial charge in [-0.2, -0.15) is 0 Å². The van der Waals surface area contributed by atoms with Crippen LogP contribution in [0.25, 0.3) is 0 Å². The van der Waals surface area contributed by atoms with Gasteiger partial charge in [0.1, 0.15) is 0 Å². The van der Waals surface area contributed by atoms with E-state index in [9.17, 15) is 4.79 Å². The molecule has 3 nitrogen and oxygen atoms in total. The number of amides is 1. The molecule has 0 saturated carbocycles. The summed E-state index contributed by atoms with van der Waals surface area (Å²) >= 11 is 1.24. The van der Waals surface area contributed by atoms with E-state index in [1.165, 1.54) is 12.0 Å². The van der Waals surface area contributed by atoms with Gasteiger partial charge >= 0.3 is 0 Å². The monoisotopic (exact) mass is 197 g/mol. The standard InChI is InChI=1S/C9H11NO2S/c1-2-12-13-8-5-3-4-7(6-8)9(10)11/h3-6H,2H2,1H3,(H2,10,11). The first-order valence-corrected chi connectivity index (χ1v) is 4.67. The average Bonchev–Trinajstić information content (AvgIpc) is 2.15. The van der Waals surface area contributed by atoms with Crippen molar-refractivity contribution in [2.24, 2.45) is 5.73 Å². The van der Waals surface area contributed by atoms with E-state index in [-0.39, 0.29) is 0 Å². The van der Waals surface area contributed by atoms with Crippen molar-refractivity contribution in [3.05, 3.63) is 29.8 Å². The molecule has 0 spiro atoms. The summed E-state index contributed by atoms with van der Waals surface area (Å²) < 4.78 is 5.12. The summed E-state index contributed by atoms with van der Waals surface area (Å²) in [5.41, 5.74) is 5.63. The predicted molar refractivity (Wildman–Crippen MR) is 52.4 cm³/mol. The van der Waals surface area contributed by atoms with E-state index >= 15 is 0 Å². The summed E-state index contributed by atoms with van der Waals surface area (Å²) in [6.07, 6.45) is 0. The van der Waals surface area contributed by atoms with Gasteiger partial charge in [-0.05, 0) is 25.1 Å². The van der Waals surface area contributed by atoms with Gasteiger partial charge in [0.05, 0.1) is 6.61 Å². The molecule has 4 heteroatoms. The number of primary amides is 1. The van der Waals surface area contributed by atoms with E-state index in [1.807, 2.05) is 13.0 Å². The molecule has 1 rings (SSSR count). The number of benzene rings is 1. The minimum absolute atomic E-state index is 0.418. The first kappa shape index (κ1) is 10.1. The lowest BCUT2D eigenvalue weighted by atomic mass is 10.2. The Morgan fingerprint density at radius 1 is 1.62 bits per heavy atom. The van der Waals surface area contributed by atoms with E-state index in [2.05, 4.69) is 0 Å². The summed E-state index contributed by atoms with van der Waals surface area (Å²) in [5.74, 6) is -0.418. The normalized spacial score (nSPS) is 9.92. The van der Waals surface area contributed by atoms with E-state index in [1.54, 1.807) is 18.2 Å². The molecule has 0 saturated heterocycles. The van der Waals surface area contributed by atoms with Crippen molar-refractivity contribution < 1.29 is 8.98 Å². The molecule has 0 atom stereocenters. The number of rotatable bonds is 4. The van der Waals surface area contributed by atoms with Crippen LogP contribution in [0, 0.1) is 0 Å². The maximum Gasteiger partial charge on any atom is 0.248 e. The quantitative estimate of drug-likeness (QED) is 0.749. The highest BCUT2D eigenvalue weighted by Gasteiger charge is 2.01. The molecule has 0 fully saturated rings. The first-order valence-electron chi connectivity index (χ1n) is 3.93. The molecular formula is C9H11NO2S. The lowest BCUT2D eigenvalue weighted by Crippen LogP contribution is -2.10. The number of carbonyl (C=O) groups is 1. The molecule has 0 unspecified atom stereocenters. The fourth-order valence-corrected chi connectivity index (χ4v) is 1.39. The minimum atomic E-state index is -0.418. The van der Waals surface area contributed by atoms with Crippen LogP contribution in [0.3, 0.4) is 0 Å². The van der Waals surface area contributed by atoms with Crippen molar-refractivity contribution in [3.8, 4) is 0 Å². The Bertz CT molecular complexity index is 301. The van der Waals surface area contributed by atoms with Crippen molar-refractivity contribution in [2.75, 3.05) is 6.61 Å². The zero-order chi connectivity index (χ0) is 9.68. The fourth-order valence-electron chi connectivity index (χ4n) is 0.828. The SMILES string of the molecule is CCOSc1cccc(C(N)=O)c1. The third-order valence-electron chi connectivity index (χ3n) is 1.39. The molecule has 0 heterocycles. The molecule has 70 valence electrons. The number of hydrogen-bond acceptors (Lipinski definition) is 3. The van der Waals surface area contributed by atoms with Gasteiger partial charge < -0.3 is 9.92 Å². The van der Waals surface area contributed by atoms with E-state index in [0.717, 1.165) is 4.90 Å². The van der Waals surface area contributed by atoms with Crippen molar-refractivity contribution in [1.29, 1.82) is 0 Å². The lowest BCUT2D eigenvalue weighted by molar-refractivity contribution is 0.1000. The van der Waals surface area contributed by atoms with Gasteiger partial charge in [0.15, 0.2) is 0 Å². The third-order valence-corrected chi connectivity index (χ3v) is 2.19. The van der Waals surface area contributed by atoms with Gasteiger partial charge in [0.2, 0.25) is 5.91 Å². The van der Waals surface area contributed by atoms with E-state index < -0.39 is 5.91 Å². The van der Waals surface area contributed by atoms with E-state index in [0.29, 0.717) is 12.2 Å². The summed E-state index contributed by atoms with van der Waals surface area (Å²) in [7, 11) is 0. The van der Waals surface area contributed by atoms with Crippen LogP contribution >= 0.6 is 12.0 Å². The van der Waals surface area contributed by atoms with Crippen molar-refractivity contribution in [3.63, 3.8) is 0 Å². The Balaban J connectivity index is 2.73. The van der Waals surface area contributed by atoms with Crippen LogP contribution in [0.15, 0.2) is 29.2 Å². The second-order valence-corrected chi connectivity index (χ2v) is 3.26. The summed E-state index contributed by atoms with van der Waals surface area (Å²) in [5, 5.41) is 0. The highest BCUT2D eigenvalue weighted by molar-refractivity contribution is 7.94. The fraction of sp³-hybridized carbons (Fsp3) is 0.222. The molecule has 0 aliphatic carbocycles. The Morgan fingerprint density at radius 2 is 2.38 bits per heavy atom. The lowest BCUT2D eigenvalue weighted by Gasteiger charge is -2.00. The number of carbonyl (C=O) groups excluding carboxylic acids is 1. The molecule has 0 aliphatic rings. The molecule has 0 radical (unpaired) electrons. The first-order chi connectivity index (χ1) is 6.24. The van der Waals surface area contributed by atoms with Crippen molar-refractivity contribution >= 4 is 17.9 Å². The molecule has 0 aliphatic heterocycles. The van der Waals surface area contributed by atoms with Gasteiger partial charge in [-0.25, -0.2) is 0 Å². The van der Waals surface area contributed by atoms with Gasteiger partial charge in [-0.1, -0.05) is 6.07 Å². The Labute approximate surface area is 81.5 Å². The minimum Gasteiger partial charge on any atom is -0.366 e. The van der Waals surface area contributed by atoms with Crippen LogP contribution < -0.4 is 5.73 Å². The summed E-state index contributed by atoms with van der Waals surface area (Å²) in [6.45, 7) is 2.54. The highest BCUT2D eigenvalue weighted by Crippen LogP contribution is 2.19. The second-order valence-electron chi connectivity index (χ2n) is 2.38. The van der Waals surface area contributed by atoms with Crippen LogP contribution in [0.1, 0.15) is 17.3 Å². The van der Waals surface area contributed by atoms with Crippen LogP contribution in [-0.2, 0) is 4.18 Å². The number of nitrogens with two attached hydrogens (primary N) is 1. The van der Waals surface area contributed by atoms with Gasteiger partial charge in [-0.3, -0.25) is 4.79 Å². The molecule has 1 amide bonds.